The fraction of sp³-hybridized carbons (Fsp3) is 0.150. The average molecular weight is 330 g/mol. The highest BCUT2D eigenvalue weighted by molar-refractivity contribution is 5.96. The minimum Gasteiger partial charge on any atom is -0.348 e. The SMILES string of the molecule is Cc1nn(-c2ccccc2)c(C)c1C(=O)NCc1cccc(C#N)c1. The minimum atomic E-state index is -0.167. The lowest BCUT2D eigenvalue weighted by Crippen LogP contribution is -2.24. The molecular weight excluding hydrogens is 312 g/mol. The number of nitrogens with zero attached hydrogens (tertiary/aromatic N) is 3. The topological polar surface area (TPSA) is 70.7 Å². The zero-order valence-corrected chi connectivity index (χ0v) is 14.2. The highest BCUT2D eigenvalue weighted by Crippen LogP contribution is 2.18. The van der Waals surface area contributed by atoms with E-state index in [1.165, 1.54) is 0 Å². The quantitative estimate of drug-likeness (QED) is 0.798. The number of amides is 1. The second kappa shape index (κ2) is 7.02. The monoisotopic (exact) mass is 330 g/mol. The van der Waals surface area contributed by atoms with Gasteiger partial charge in [-0.1, -0.05) is 30.3 Å². The van der Waals surface area contributed by atoms with E-state index in [2.05, 4.69) is 16.5 Å². The number of hydrogen-bond donors (Lipinski definition) is 1. The Balaban J connectivity index is 1.81. The number of benzene rings is 2. The van der Waals surface area contributed by atoms with Crippen molar-refractivity contribution < 1.29 is 4.79 Å². The van der Waals surface area contributed by atoms with Crippen molar-refractivity contribution in [2.45, 2.75) is 20.4 Å². The van der Waals surface area contributed by atoms with Crippen LogP contribution >= 0.6 is 0 Å². The summed E-state index contributed by atoms with van der Waals surface area (Å²) in [4.78, 5) is 12.6. The average Bonchev–Trinajstić information content (AvgIpc) is 2.95. The first kappa shape index (κ1) is 16.5. The predicted molar refractivity (Wildman–Crippen MR) is 95.4 cm³/mol. The number of para-hydroxylation sites is 1. The van der Waals surface area contributed by atoms with Crippen molar-refractivity contribution in [3.63, 3.8) is 0 Å². The number of rotatable bonds is 4. The van der Waals surface area contributed by atoms with Crippen molar-refractivity contribution >= 4 is 5.91 Å². The van der Waals surface area contributed by atoms with Gasteiger partial charge in [0.05, 0.1) is 34.3 Å². The molecule has 5 nitrogen and oxygen atoms in total. The number of hydrogen-bond acceptors (Lipinski definition) is 3. The van der Waals surface area contributed by atoms with E-state index in [1.807, 2.05) is 56.3 Å². The van der Waals surface area contributed by atoms with Crippen LogP contribution in [0.25, 0.3) is 5.69 Å². The summed E-state index contributed by atoms with van der Waals surface area (Å²) >= 11 is 0. The van der Waals surface area contributed by atoms with E-state index in [9.17, 15) is 4.79 Å². The molecule has 0 saturated carbocycles. The Labute approximate surface area is 146 Å². The first-order valence-corrected chi connectivity index (χ1v) is 7.99. The van der Waals surface area contributed by atoms with Crippen LogP contribution in [0.1, 0.15) is 32.9 Å². The Hall–Kier alpha value is -3.39. The summed E-state index contributed by atoms with van der Waals surface area (Å²) in [6.45, 7) is 4.08. The second-order valence-electron chi connectivity index (χ2n) is 5.79. The minimum absolute atomic E-state index is 0.167. The zero-order valence-electron chi connectivity index (χ0n) is 14.2. The van der Waals surface area contributed by atoms with Gasteiger partial charge in [0.25, 0.3) is 5.91 Å². The van der Waals surface area contributed by atoms with Crippen LogP contribution in [0.3, 0.4) is 0 Å². The van der Waals surface area contributed by atoms with Gasteiger partial charge >= 0.3 is 0 Å². The van der Waals surface area contributed by atoms with Crippen molar-refractivity contribution in [1.82, 2.24) is 15.1 Å². The molecule has 0 aliphatic carbocycles. The standard InChI is InChI=1S/C20H18N4O/c1-14-19(15(2)24(23-14)18-9-4-3-5-10-18)20(25)22-13-17-8-6-7-16(11-17)12-21/h3-11H,13H2,1-2H3,(H,22,25). The molecule has 1 aromatic heterocycles. The van der Waals surface area contributed by atoms with Crippen LogP contribution in [0.5, 0.6) is 0 Å². The Morgan fingerprint density at radius 1 is 1.16 bits per heavy atom. The number of carbonyl (C=O) groups excluding carboxylic acids is 1. The molecule has 1 heterocycles. The number of aryl methyl sites for hydroxylation is 1. The van der Waals surface area contributed by atoms with E-state index in [4.69, 9.17) is 5.26 Å². The van der Waals surface area contributed by atoms with E-state index < -0.39 is 0 Å². The Morgan fingerprint density at radius 2 is 1.92 bits per heavy atom. The maximum atomic E-state index is 12.6. The Bertz CT molecular complexity index is 952. The first-order valence-electron chi connectivity index (χ1n) is 7.99. The van der Waals surface area contributed by atoms with E-state index in [0.29, 0.717) is 23.4 Å². The molecule has 0 aliphatic rings. The lowest BCUT2D eigenvalue weighted by molar-refractivity contribution is 0.0949. The maximum absolute atomic E-state index is 12.6. The summed E-state index contributed by atoms with van der Waals surface area (Å²) in [5.41, 5.74) is 4.45. The summed E-state index contributed by atoms with van der Waals surface area (Å²) in [7, 11) is 0. The van der Waals surface area contributed by atoms with Crippen LogP contribution in [-0.4, -0.2) is 15.7 Å². The lowest BCUT2D eigenvalue weighted by Gasteiger charge is -2.07. The van der Waals surface area contributed by atoms with Crippen LogP contribution in [0, 0.1) is 25.2 Å². The number of nitrogens with one attached hydrogen (secondary N) is 1. The van der Waals surface area contributed by atoms with Crippen LogP contribution in [0.2, 0.25) is 0 Å². The molecule has 1 N–H and O–H groups in total. The van der Waals surface area contributed by atoms with E-state index in [1.54, 1.807) is 16.8 Å². The molecule has 124 valence electrons. The summed E-state index contributed by atoms with van der Waals surface area (Å²) in [5, 5.41) is 16.4. The molecule has 5 heteroatoms. The molecule has 0 fully saturated rings. The molecular formula is C20H18N4O. The third-order valence-electron chi connectivity index (χ3n) is 4.03. The lowest BCUT2D eigenvalue weighted by atomic mass is 10.1. The molecule has 0 aliphatic heterocycles. The molecule has 2 aromatic carbocycles. The van der Waals surface area contributed by atoms with Gasteiger partial charge in [0, 0.05) is 6.54 Å². The molecule has 1 amide bonds. The maximum Gasteiger partial charge on any atom is 0.255 e. The van der Waals surface area contributed by atoms with E-state index in [-0.39, 0.29) is 5.91 Å². The Kier molecular flexibility index (Phi) is 4.62. The van der Waals surface area contributed by atoms with Gasteiger partial charge in [0.15, 0.2) is 0 Å². The van der Waals surface area contributed by atoms with Gasteiger partial charge in [0.2, 0.25) is 0 Å². The highest BCUT2D eigenvalue weighted by atomic mass is 16.1. The highest BCUT2D eigenvalue weighted by Gasteiger charge is 2.19. The van der Waals surface area contributed by atoms with E-state index >= 15 is 0 Å². The number of aromatic nitrogens is 2. The number of carbonyl (C=O) groups is 1. The van der Waals surface area contributed by atoms with Gasteiger partial charge in [0.1, 0.15) is 0 Å². The van der Waals surface area contributed by atoms with Gasteiger partial charge in [-0.25, -0.2) is 4.68 Å². The third kappa shape index (κ3) is 3.43. The molecule has 0 bridgehead atoms. The fourth-order valence-corrected chi connectivity index (χ4v) is 2.81. The van der Waals surface area contributed by atoms with Crippen molar-refractivity contribution in [2.24, 2.45) is 0 Å². The first-order chi connectivity index (χ1) is 12.1. The number of nitriles is 1. The summed E-state index contributed by atoms with van der Waals surface area (Å²) < 4.78 is 1.78. The van der Waals surface area contributed by atoms with Gasteiger partial charge in [-0.15, -0.1) is 0 Å². The van der Waals surface area contributed by atoms with Crippen molar-refractivity contribution in [3.05, 3.63) is 82.7 Å². The van der Waals surface area contributed by atoms with Crippen molar-refractivity contribution in [1.29, 1.82) is 5.26 Å². The van der Waals surface area contributed by atoms with Crippen molar-refractivity contribution in [2.75, 3.05) is 0 Å². The molecule has 3 aromatic rings. The van der Waals surface area contributed by atoms with Crippen LogP contribution < -0.4 is 5.32 Å². The van der Waals surface area contributed by atoms with Gasteiger partial charge < -0.3 is 5.32 Å². The normalized spacial score (nSPS) is 10.3. The second-order valence-corrected chi connectivity index (χ2v) is 5.79. The van der Waals surface area contributed by atoms with Gasteiger partial charge in [-0.2, -0.15) is 10.4 Å². The smallest absolute Gasteiger partial charge is 0.255 e. The van der Waals surface area contributed by atoms with E-state index in [0.717, 1.165) is 16.9 Å². The molecule has 0 saturated heterocycles. The molecule has 25 heavy (non-hydrogen) atoms. The van der Waals surface area contributed by atoms with Gasteiger partial charge in [-0.3, -0.25) is 4.79 Å². The van der Waals surface area contributed by atoms with Crippen LogP contribution in [0.15, 0.2) is 54.6 Å². The molecule has 0 spiro atoms. The van der Waals surface area contributed by atoms with Crippen LogP contribution in [-0.2, 0) is 6.54 Å². The molecule has 0 unspecified atom stereocenters. The summed E-state index contributed by atoms with van der Waals surface area (Å²) in [6, 6.07) is 19.0. The molecule has 3 rings (SSSR count). The van der Waals surface area contributed by atoms with Crippen molar-refractivity contribution in [3.8, 4) is 11.8 Å². The largest absolute Gasteiger partial charge is 0.348 e. The molecule has 0 atom stereocenters. The third-order valence-corrected chi connectivity index (χ3v) is 4.03. The molecule has 0 radical (unpaired) electrons. The fourth-order valence-electron chi connectivity index (χ4n) is 2.81. The van der Waals surface area contributed by atoms with Crippen LogP contribution in [0.4, 0.5) is 0 Å². The predicted octanol–water partition coefficient (Wildman–Crippen LogP) is 3.29. The summed E-state index contributed by atoms with van der Waals surface area (Å²) in [6.07, 6.45) is 0. The summed E-state index contributed by atoms with van der Waals surface area (Å²) in [5.74, 6) is -0.167. The zero-order chi connectivity index (χ0) is 17.8. The Morgan fingerprint density at radius 3 is 2.64 bits per heavy atom. The van der Waals surface area contributed by atoms with Gasteiger partial charge in [-0.05, 0) is 43.7 Å².